The summed E-state index contributed by atoms with van der Waals surface area (Å²) in [4.78, 5) is 38.2. The van der Waals surface area contributed by atoms with E-state index in [1.165, 1.54) is 83.5 Å². The van der Waals surface area contributed by atoms with E-state index < -0.39 is 6.10 Å². The normalized spacial score (nSPS) is 13.1. The first-order valence-electron chi connectivity index (χ1n) is 30.8. The Morgan fingerprint density at radius 2 is 0.526 bits per heavy atom. The van der Waals surface area contributed by atoms with Crippen LogP contribution in [0.15, 0.2) is 146 Å². The predicted molar refractivity (Wildman–Crippen MR) is 329 cm³/mol. The van der Waals surface area contributed by atoms with Crippen molar-refractivity contribution in [1.29, 1.82) is 0 Å². The number of allylic oxidation sites excluding steroid dienone is 24. The van der Waals surface area contributed by atoms with Gasteiger partial charge in [0.05, 0.1) is 0 Å². The van der Waals surface area contributed by atoms with Crippen LogP contribution in [0.1, 0.15) is 258 Å². The van der Waals surface area contributed by atoms with Crippen molar-refractivity contribution in [3.8, 4) is 0 Å². The minimum atomic E-state index is -0.816. The average molecular weight is 1050 g/mol. The zero-order valence-corrected chi connectivity index (χ0v) is 49.0. The molecule has 0 fully saturated rings. The predicted octanol–water partition coefficient (Wildman–Crippen LogP) is 21.2. The Balaban J connectivity index is 4.41. The second-order valence-electron chi connectivity index (χ2n) is 19.9. The fourth-order valence-corrected chi connectivity index (χ4v) is 8.05. The number of carbonyl (C=O) groups excluding carboxylic acids is 3. The summed E-state index contributed by atoms with van der Waals surface area (Å²) in [6.07, 6.45) is 90.0. The van der Waals surface area contributed by atoms with Gasteiger partial charge in [-0.05, 0) is 116 Å². The highest BCUT2D eigenvalue weighted by Crippen LogP contribution is 2.14. The highest BCUT2D eigenvalue weighted by Gasteiger charge is 2.19. The molecule has 0 aromatic heterocycles. The van der Waals surface area contributed by atoms with Gasteiger partial charge >= 0.3 is 17.9 Å². The maximum atomic E-state index is 12.9. The Kier molecular flexibility index (Phi) is 58.9. The maximum absolute atomic E-state index is 12.9. The Morgan fingerprint density at radius 1 is 0.276 bits per heavy atom. The van der Waals surface area contributed by atoms with Crippen LogP contribution in [0.25, 0.3) is 0 Å². The third kappa shape index (κ3) is 60.2. The summed E-state index contributed by atoms with van der Waals surface area (Å²) in [6.45, 7) is 6.34. The van der Waals surface area contributed by atoms with Gasteiger partial charge < -0.3 is 14.2 Å². The molecule has 0 spiro atoms. The molecule has 0 aromatic carbocycles. The number of hydrogen-bond donors (Lipinski definition) is 0. The third-order valence-electron chi connectivity index (χ3n) is 12.6. The zero-order valence-electron chi connectivity index (χ0n) is 49.0. The van der Waals surface area contributed by atoms with Gasteiger partial charge in [0.1, 0.15) is 13.2 Å². The highest BCUT2D eigenvalue weighted by molar-refractivity contribution is 5.71. The number of rotatable bonds is 54. The topological polar surface area (TPSA) is 78.9 Å². The molecule has 0 amide bonds. The summed E-state index contributed by atoms with van der Waals surface area (Å²) >= 11 is 0. The van der Waals surface area contributed by atoms with Gasteiger partial charge in [0.15, 0.2) is 6.10 Å². The monoisotopic (exact) mass is 1050 g/mol. The summed E-state index contributed by atoms with van der Waals surface area (Å²) in [5.74, 6) is -0.977. The lowest BCUT2D eigenvalue weighted by atomic mass is 10.1. The summed E-state index contributed by atoms with van der Waals surface area (Å²) in [6, 6.07) is 0. The van der Waals surface area contributed by atoms with E-state index >= 15 is 0 Å². The molecule has 6 nitrogen and oxygen atoms in total. The van der Waals surface area contributed by atoms with Crippen LogP contribution in [0.5, 0.6) is 0 Å². The van der Waals surface area contributed by atoms with Crippen molar-refractivity contribution in [2.45, 2.75) is 264 Å². The van der Waals surface area contributed by atoms with Crippen molar-refractivity contribution in [2.24, 2.45) is 0 Å². The van der Waals surface area contributed by atoms with Crippen molar-refractivity contribution >= 4 is 17.9 Å². The highest BCUT2D eigenvalue weighted by atomic mass is 16.6. The largest absolute Gasteiger partial charge is 0.462 e. The number of hydrogen-bond acceptors (Lipinski definition) is 6. The standard InChI is InChI=1S/C70H112O6/c1-4-7-10-13-16-19-22-24-26-28-30-32-34-35-37-38-40-42-44-46-48-51-54-57-60-63-69(72)75-66-67(65-74-68(71)62-59-56-53-50-21-18-15-12-9-6-3)76-70(73)64-61-58-55-52-49-47-45-43-41-39-36-33-31-29-27-25-23-20-17-14-11-8-5-2/h7-8,10-11,16-17,19-20,24-27,30-33,35,37,39,41,45,47,52,55,67H,4-6,9,12-15,18,21-23,28-29,34,36,38,40,42-44,46,48-51,53-54,56-66H2,1-3H3/b10-7-,11-8-,19-16-,20-17-,26-24-,27-25-,32-30-,33-31-,37-35-,41-39-,47-45-,55-52-. The second-order valence-corrected chi connectivity index (χ2v) is 19.9. The molecule has 0 bridgehead atoms. The molecule has 1 unspecified atom stereocenters. The van der Waals surface area contributed by atoms with Gasteiger partial charge in [0, 0.05) is 19.3 Å². The number of ether oxygens (including phenoxy) is 3. The average Bonchev–Trinajstić information content (AvgIpc) is 3.42. The van der Waals surface area contributed by atoms with Gasteiger partial charge in [0.2, 0.25) is 0 Å². The quantitative estimate of drug-likeness (QED) is 0.0261. The number of carbonyl (C=O) groups is 3. The minimum absolute atomic E-state index is 0.106. The van der Waals surface area contributed by atoms with Crippen LogP contribution in [-0.2, 0) is 28.6 Å². The molecule has 6 heteroatoms. The third-order valence-corrected chi connectivity index (χ3v) is 12.6. The Hall–Kier alpha value is -4.71. The summed E-state index contributed by atoms with van der Waals surface area (Å²) in [7, 11) is 0. The van der Waals surface area contributed by atoms with E-state index in [2.05, 4.69) is 167 Å². The Morgan fingerprint density at radius 3 is 0.842 bits per heavy atom. The van der Waals surface area contributed by atoms with Crippen LogP contribution in [0.3, 0.4) is 0 Å². The molecule has 76 heavy (non-hydrogen) atoms. The van der Waals surface area contributed by atoms with E-state index in [1.54, 1.807) is 0 Å². The number of unbranched alkanes of at least 4 members (excludes halogenated alkanes) is 19. The molecule has 0 aliphatic carbocycles. The summed E-state index contributed by atoms with van der Waals surface area (Å²) in [5, 5.41) is 0. The van der Waals surface area contributed by atoms with Gasteiger partial charge in [-0.3, -0.25) is 14.4 Å². The Bertz CT molecular complexity index is 1680. The fourth-order valence-electron chi connectivity index (χ4n) is 8.05. The van der Waals surface area contributed by atoms with Gasteiger partial charge in [-0.15, -0.1) is 0 Å². The van der Waals surface area contributed by atoms with Crippen LogP contribution in [0, 0.1) is 0 Å². The van der Waals surface area contributed by atoms with Gasteiger partial charge in [0.25, 0.3) is 0 Å². The molecule has 0 aliphatic heterocycles. The lowest BCUT2D eigenvalue weighted by Gasteiger charge is -2.18. The molecule has 1 atom stereocenters. The first kappa shape index (κ1) is 71.3. The molecular formula is C70H112O6. The van der Waals surface area contributed by atoms with Crippen molar-refractivity contribution in [3.63, 3.8) is 0 Å². The first-order chi connectivity index (χ1) is 37.5. The lowest BCUT2D eigenvalue weighted by molar-refractivity contribution is -0.167. The summed E-state index contributed by atoms with van der Waals surface area (Å²) in [5.41, 5.74) is 0. The fraction of sp³-hybridized carbons (Fsp3) is 0.614. The van der Waals surface area contributed by atoms with E-state index in [-0.39, 0.29) is 37.5 Å². The van der Waals surface area contributed by atoms with Crippen molar-refractivity contribution in [1.82, 2.24) is 0 Å². The molecule has 0 aromatic rings. The Labute approximate surface area is 467 Å². The molecule has 0 saturated heterocycles. The SMILES string of the molecule is CC/C=C\C/C=C\C/C=C\C/C=C\C/C=C\C/C=C\C/C=C\CCCC(=O)OC(COC(=O)CCCCCCCCCCCC)COC(=O)CCCCCCCCCCC/C=C\C/C=C\C/C=C\C/C=C\C/C=C\CC. The maximum Gasteiger partial charge on any atom is 0.306 e. The number of esters is 3. The van der Waals surface area contributed by atoms with E-state index in [9.17, 15) is 14.4 Å². The van der Waals surface area contributed by atoms with E-state index in [1.807, 2.05) is 0 Å². The zero-order chi connectivity index (χ0) is 55.0. The van der Waals surface area contributed by atoms with E-state index in [0.29, 0.717) is 19.3 Å². The van der Waals surface area contributed by atoms with Crippen LogP contribution >= 0.6 is 0 Å². The first-order valence-corrected chi connectivity index (χ1v) is 30.8. The molecule has 428 valence electrons. The molecular weight excluding hydrogens is 937 g/mol. The van der Waals surface area contributed by atoms with Gasteiger partial charge in [-0.1, -0.05) is 269 Å². The van der Waals surface area contributed by atoms with Crippen LogP contribution < -0.4 is 0 Å². The molecule has 0 N–H and O–H groups in total. The minimum Gasteiger partial charge on any atom is -0.462 e. The lowest BCUT2D eigenvalue weighted by Crippen LogP contribution is -2.30. The van der Waals surface area contributed by atoms with Crippen LogP contribution in [0.2, 0.25) is 0 Å². The van der Waals surface area contributed by atoms with Crippen molar-refractivity contribution < 1.29 is 28.6 Å². The van der Waals surface area contributed by atoms with Crippen LogP contribution in [-0.4, -0.2) is 37.2 Å². The second kappa shape index (κ2) is 62.8. The molecule has 0 rings (SSSR count). The summed E-state index contributed by atoms with van der Waals surface area (Å²) < 4.78 is 16.8. The molecule has 0 saturated carbocycles. The van der Waals surface area contributed by atoms with Crippen LogP contribution in [0.4, 0.5) is 0 Å². The van der Waals surface area contributed by atoms with E-state index in [0.717, 1.165) is 128 Å². The van der Waals surface area contributed by atoms with E-state index in [4.69, 9.17) is 14.2 Å². The molecule has 0 radical (unpaired) electrons. The van der Waals surface area contributed by atoms with Crippen molar-refractivity contribution in [3.05, 3.63) is 146 Å². The van der Waals surface area contributed by atoms with Gasteiger partial charge in [-0.25, -0.2) is 0 Å². The van der Waals surface area contributed by atoms with Crippen molar-refractivity contribution in [2.75, 3.05) is 13.2 Å². The van der Waals surface area contributed by atoms with Gasteiger partial charge in [-0.2, -0.15) is 0 Å². The smallest absolute Gasteiger partial charge is 0.306 e. The molecule has 0 aliphatic rings. The molecule has 0 heterocycles.